The second-order valence-corrected chi connectivity index (χ2v) is 7.39. The van der Waals surface area contributed by atoms with Crippen LogP contribution in [0.4, 0.5) is 0 Å². The lowest BCUT2D eigenvalue weighted by Gasteiger charge is -2.20. The van der Waals surface area contributed by atoms with Crippen LogP contribution in [-0.4, -0.2) is 35.4 Å². The van der Waals surface area contributed by atoms with Gasteiger partial charge in [0.15, 0.2) is 0 Å². The fraction of sp³-hybridized carbons (Fsp3) is 0.533. The van der Waals surface area contributed by atoms with E-state index in [1.54, 1.807) is 6.07 Å². The predicted octanol–water partition coefficient (Wildman–Crippen LogP) is 4.06. The molecule has 1 amide bonds. The molecule has 2 atom stereocenters. The van der Waals surface area contributed by atoms with Crippen molar-refractivity contribution in [1.82, 2.24) is 4.90 Å². The fourth-order valence-corrected chi connectivity index (χ4v) is 4.15. The molecule has 108 valence electrons. The molecular weight excluding hydrogens is 313 g/mol. The van der Waals surface area contributed by atoms with Crippen LogP contribution in [0, 0.1) is 5.92 Å². The molecule has 5 heteroatoms. The van der Waals surface area contributed by atoms with Gasteiger partial charge in [0.1, 0.15) is 0 Å². The Hall–Kier alpha value is -0.380. The molecule has 0 radical (unpaired) electrons. The average Bonchev–Trinajstić information content (AvgIpc) is 3.24. The summed E-state index contributed by atoms with van der Waals surface area (Å²) in [6.07, 6.45) is 2.01. The average molecular weight is 330 g/mol. The molecule has 3 rings (SSSR count). The molecule has 1 heterocycles. The number of hydrogen-bond donors (Lipinski definition) is 0. The maximum Gasteiger partial charge on any atom is 0.226 e. The highest BCUT2D eigenvalue weighted by Crippen LogP contribution is 2.51. The van der Waals surface area contributed by atoms with E-state index in [1.165, 1.54) is 0 Å². The highest BCUT2D eigenvalue weighted by atomic mass is 35.5. The summed E-state index contributed by atoms with van der Waals surface area (Å²) in [5.41, 5.74) is 1.03. The largest absolute Gasteiger partial charge is 0.342 e. The zero-order valence-corrected chi connectivity index (χ0v) is 13.5. The van der Waals surface area contributed by atoms with Gasteiger partial charge in [0.25, 0.3) is 0 Å². The summed E-state index contributed by atoms with van der Waals surface area (Å²) in [4.78, 5) is 14.6. The molecule has 0 unspecified atom stereocenters. The Labute approximate surface area is 133 Å². The van der Waals surface area contributed by atoms with Crippen LogP contribution in [0.15, 0.2) is 18.2 Å². The number of thioether (sulfide) groups is 1. The van der Waals surface area contributed by atoms with Crippen molar-refractivity contribution in [3.63, 3.8) is 0 Å². The van der Waals surface area contributed by atoms with Gasteiger partial charge in [-0.05, 0) is 36.1 Å². The third kappa shape index (κ3) is 2.95. The SMILES string of the molecule is O=C([C@@H]1C[C@@H]1c1cccc(Cl)c1Cl)N1CCCSCC1. The molecule has 1 aliphatic carbocycles. The number of carbonyl (C=O) groups is 1. The Balaban J connectivity index is 1.69. The summed E-state index contributed by atoms with van der Waals surface area (Å²) in [7, 11) is 0. The molecule has 20 heavy (non-hydrogen) atoms. The summed E-state index contributed by atoms with van der Waals surface area (Å²) >= 11 is 14.2. The zero-order chi connectivity index (χ0) is 14.1. The Morgan fingerprint density at radius 3 is 2.95 bits per heavy atom. The number of carbonyl (C=O) groups excluding carboxylic acids is 1. The maximum atomic E-state index is 12.5. The summed E-state index contributed by atoms with van der Waals surface area (Å²) in [6.45, 7) is 1.79. The molecule has 1 saturated heterocycles. The number of halogens is 2. The first kappa shape index (κ1) is 14.6. The second-order valence-electron chi connectivity index (χ2n) is 5.38. The third-order valence-corrected chi connectivity index (χ3v) is 5.90. The molecule has 2 nitrogen and oxygen atoms in total. The molecule has 1 aromatic rings. The van der Waals surface area contributed by atoms with Crippen molar-refractivity contribution in [2.75, 3.05) is 24.6 Å². The van der Waals surface area contributed by atoms with Crippen molar-refractivity contribution < 1.29 is 4.79 Å². The van der Waals surface area contributed by atoms with Crippen LogP contribution >= 0.6 is 35.0 Å². The number of hydrogen-bond acceptors (Lipinski definition) is 2. The fourth-order valence-electron chi connectivity index (χ4n) is 2.82. The van der Waals surface area contributed by atoms with Crippen molar-refractivity contribution in [3.8, 4) is 0 Å². The van der Waals surface area contributed by atoms with Gasteiger partial charge in [0.2, 0.25) is 5.91 Å². The molecule has 2 fully saturated rings. The smallest absolute Gasteiger partial charge is 0.226 e. The van der Waals surface area contributed by atoms with Gasteiger partial charge in [-0.15, -0.1) is 0 Å². The first-order valence-corrected chi connectivity index (χ1v) is 8.90. The lowest BCUT2D eigenvalue weighted by atomic mass is 10.1. The van der Waals surface area contributed by atoms with Gasteiger partial charge in [0.05, 0.1) is 10.0 Å². The van der Waals surface area contributed by atoms with Gasteiger partial charge < -0.3 is 4.90 Å². The monoisotopic (exact) mass is 329 g/mol. The summed E-state index contributed by atoms with van der Waals surface area (Å²) < 4.78 is 0. The van der Waals surface area contributed by atoms with E-state index in [1.807, 2.05) is 28.8 Å². The Bertz CT molecular complexity index is 515. The van der Waals surface area contributed by atoms with Crippen LogP contribution < -0.4 is 0 Å². The number of benzene rings is 1. The highest BCUT2D eigenvalue weighted by molar-refractivity contribution is 7.99. The quantitative estimate of drug-likeness (QED) is 0.815. The maximum absolute atomic E-state index is 12.5. The van der Waals surface area contributed by atoms with Gasteiger partial charge in [0, 0.05) is 24.8 Å². The van der Waals surface area contributed by atoms with Gasteiger partial charge in [-0.25, -0.2) is 0 Å². The van der Waals surface area contributed by atoms with Crippen molar-refractivity contribution >= 4 is 40.9 Å². The minimum Gasteiger partial charge on any atom is -0.342 e. The topological polar surface area (TPSA) is 20.3 Å². The van der Waals surface area contributed by atoms with Crippen LogP contribution in [0.1, 0.15) is 24.3 Å². The molecular formula is C15H17Cl2NOS. The first-order chi connectivity index (χ1) is 9.68. The van der Waals surface area contributed by atoms with E-state index in [0.29, 0.717) is 16.0 Å². The summed E-state index contributed by atoms with van der Waals surface area (Å²) in [5.74, 6) is 2.88. The molecule has 0 aromatic heterocycles. The van der Waals surface area contributed by atoms with Crippen molar-refractivity contribution in [3.05, 3.63) is 33.8 Å². The molecule has 1 saturated carbocycles. The Kier molecular flexibility index (Phi) is 4.49. The van der Waals surface area contributed by atoms with E-state index >= 15 is 0 Å². The molecule has 0 bridgehead atoms. The minimum atomic E-state index is 0.106. The second kappa shape index (κ2) is 6.17. The molecule has 1 aromatic carbocycles. The molecule has 2 aliphatic rings. The Morgan fingerprint density at radius 1 is 1.25 bits per heavy atom. The Morgan fingerprint density at radius 2 is 2.10 bits per heavy atom. The van der Waals surface area contributed by atoms with Gasteiger partial charge in [-0.3, -0.25) is 4.79 Å². The molecule has 0 spiro atoms. The zero-order valence-electron chi connectivity index (χ0n) is 11.1. The number of rotatable bonds is 2. The molecule has 0 N–H and O–H groups in total. The van der Waals surface area contributed by atoms with E-state index in [2.05, 4.69) is 0 Å². The van der Waals surface area contributed by atoms with Crippen LogP contribution in [0.2, 0.25) is 10.0 Å². The van der Waals surface area contributed by atoms with E-state index in [-0.39, 0.29) is 11.8 Å². The lowest BCUT2D eigenvalue weighted by Crippen LogP contribution is -2.34. The van der Waals surface area contributed by atoms with Gasteiger partial charge in [-0.1, -0.05) is 35.3 Å². The molecule has 1 aliphatic heterocycles. The van der Waals surface area contributed by atoms with Gasteiger partial charge >= 0.3 is 0 Å². The summed E-state index contributed by atoms with van der Waals surface area (Å²) in [6, 6.07) is 5.69. The third-order valence-electron chi connectivity index (χ3n) is 4.02. The van der Waals surface area contributed by atoms with E-state index in [4.69, 9.17) is 23.2 Å². The minimum absolute atomic E-state index is 0.106. The standard InChI is InChI=1S/C15H17Cl2NOS/c16-13-4-1-3-10(14(13)17)11-9-12(11)15(19)18-5-2-7-20-8-6-18/h1,3-4,11-12H,2,5-9H2/t11-,12-/m1/s1. The summed E-state index contributed by atoms with van der Waals surface area (Å²) in [5, 5.41) is 1.19. The highest BCUT2D eigenvalue weighted by Gasteiger charge is 2.46. The van der Waals surface area contributed by atoms with Crippen molar-refractivity contribution in [2.24, 2.45) is 5.92 Å². The van der Waals surface area contributed by atoms with E-state index in [0.717, 1.165) is 43.0 Å². The van der Waals surface area contributed by atoms with Crippen LogP contribution in [-0.2, 0) is 4.79 Å². The van der Waals surface area contributed by atoms with Crippen LogP contribution in [0.25, 0.3) is 0 Å². The normalized spacial score (nSPS) is 26.2. The van der Waals surface area contributed by atoms with Crippen LogP contribution in [0.3, 0.4) is 0 Å². The van der Waals surface area contributed by atoms with E-state index < -0.39 is 0 Å². The van der Waals surface area contributed by atoms with Crippen molar-refractivity contribution in [1.29, 1.82) is 0 Å². The van der Waals surface area contributed by atoms with E-state index in [9.17, 15) is 4.79 Å². The predicted molar refractivity (Wildman–Crippen MR) is 85.8 cm³/mol. The number of amides is 1. The van der Waals surface area contributed by atoms with Crippen LogP contribution in [0.5, 0.6) is 0 Å². The van der Waals surface area contributed by atoms with Crippen molar-refractivity contribution in [2.45, 2.75) is 18.8 Å². The van der Waals surface area contributed by atoms with Gasteiger partial charge in [-0.2, -0.15) is 11.8 Å². The lowest BCUT2D eigenvalue weighted by molar-refractivity contribution is -0.132. The number of nitrogens with zero attached hydrogens (tertiary/aromatic N) is 1. The first-order valence-electron chi connectivity index (χ1n) is 6.99.